The minimum atomic E-state index is -3.42. The van der Waals surface area contributed by atoms with Crippen molar-refractivity contribution in [2.24, 2.45) is 0 Å². The zero-order valence-electron chi connectivity index (χ0n) is 32.7. The molecule has 0 heterocycles. The monoisotopic (exact) mass is 896 g/mol. The first-order valence-electron chi connectivity index (χ1n) is 18.2. The van der Waals surface area contributed by atoms with E-state index in [1.54, 1.807) is 57.5 Å². The molecule has 0 bridgehead atoms. The van der Waals surface area contributed by atoms with Crippen LogP contribution >= 0.6 is 0 Å². The maximum absolute atomic E-state index is 16.7. The van der Waals surface area contributed by atoms with E-state index in [0.717, 1.165) is 12.1 Å². The third kappa shape index (κ3) is 7.50. The normalized spacial score (nSPS) is 12.0. The summed E-state index contributed by atoms with van der Waals surface area (Å²) in [4.78, 5) is 0. The van der Waals surface area contributed by atoms with Crippen molar-refractivity contribution in [3.05, 3.63) is 154 Å². The molecule has 0 spiro atoms. The quantitative estimate of drug-likeness (QED) is 0.0589. The Hall–Kier alpha value is -5.17. The van der Waals surface area contributed by atoms with Crippen LogP contribution < -0.4 is 32.2 Å². The standard InChI is InChI=1S/C42H29B2F15Si2/c1-60(2,3)21-17-20(18-13-9-7-10-14-18)42(61(4,5)6)22(23-27(45)33(51)39(57)34(52)28(23)46)24(21)43(19-15-11-8-12-16-19)44(25-29(47)35(53)40(58)36(54)30(25)48)26-31(49)37(55)41(59)38(56)32(26)50/h7-17H,1-6H3. The minimum absolute atomic E-state index is 0.0982. The van der Waals surface area contributed by atoms with Crippen LogP contribution in [-0.2, 0) is 0 Å². The maximum atomic E-state index is 16.7. The average molecular weight is 896 g/mol. The Labute approximate surface area is 342 Å². The molecule has 0 N–H and O–H groups in total. The molecule has 19 heteroatoms. The maximum Gasteiger partial charge on any atom is 0.207 e. The fourth-order valence-electron chi connectivity index (χ4n) is 7.80. The van der Waals surface area contributed by atoms with Crippen molar-refractivity contribution in [2.45, 2.75) is 39.3 Å². The highest BCUT2D eigenvalue weighted by molar-refractivity contribution is 7.43. The van der Waals surface area contributed by atoms with Gasteiger partial charge in [0.15, 0.2) is 88.0 Å². The molecule has 6 aromatic rings. The number of hydrogen-bond acceptors (Lipinski definition) is 0. The lowest BCUT2D eigenvalue weighted by atomic mass is 9.01. The zero-order valence-corrected chi connectivity index (χ0v) is 34.7. The summed E-state index contributed by atoms with van der Waals surface area (Å²) < 4.78 is 235. The lowest BCUT2D eigenvalue weighted by molar-refractivity contribution is 0.381. The van der Waals surface area contributed by atoms with Gasteiger partial charge in [-0.2, -0.15) is 0 Å². The van der Waals surface area contributed by atoms with Crippen LogP contribution in [0.25, 0.3) is 22.3 Å². The highest BCUT2D eigenvalue weighted by Crippen LogP contribution is 2.35. The molecule has 61 heavy (non-hydrogen) atoms. The van der Waals surface area contributed by atoms with Crippen molar-refractivity contribution in [1.29, 1.82) is 0 Å². The molecule has 0 nitrogen and oxygen atoms in total. The van der Waals surface area contributed by atoms with Crippen molar-refractivity contribution in [2.75, 3.05) is 0 Å². The van der Waals surface area contributed by atoms with E-state index in [1.165, 1.54) is 36.4 Å². The molecule has 0 radical (unpaired) electrons. The topological polar surface area (TPSA) is 0 Å². The van der Waals surface area contributed by atoms with Gasteiger partial charge in [-0.25, -0.2) is 65.9 Å². The summed E-state index contributed by atoms with van der Waals surface area (Å²) in [6.45, 7) is 3.71. The van der Waals surface area contributed by atoms with Gasteiger partial charge >= 0.3 is 0 Å². The molecule has 0 amide bonds. The van der Waals surface area contributed by atoms with E-state index in [9.17, 15) is 13.2 Å². The van der Waals surface area contributed by atoms with Gasteiger partial charge in [-0.3, -0.25) is 0 Å². The summed E-state index contributed by atoms with van der Waals surface area (Å²) in [5.41, 5.74) is -7.50. The fraction of sp³-hybridized carbons (Fsp3) is 0.143. The van der Waals surface area contributed by atoms with Crippen LogP contribution in [0.3, 0.4) is 0 Å². The Morgan fingerprint density at radius 2 is 0.689 bits per heavy atom. The van der Waals surface area contributed by atoms with Crippen molar-refractivity contribution in [3.8, 4) is 22.3 Å². The minimum Gasteiger partial charge on any atom is -0.204 e. The van der Waals surface area contributed by atoms with Gasteiger partial charge in [0.2, 0.25) is 12.4 Å². The predicted molar refractivity (Wildman–Crippen MR) is 212 cm³/mol. The molecule has 6 rings (SSSR count). The Morgan fingerprint density at radius 3 is 1.05 bits per heavy atom. The van der Waals surface area contributed by atoms with Gasteiger partial charge in [0, 0.05) is 0 Å². The van der Waals surface area contributed by atoms with Crippen LogP contribution in [0.2, 0.25) is 39.3 Å². The number of benzene rings is 6. The van der Waals surface area contributed by atoms with E-state index < -0.39 is 150 Å². The summed E-state index contributed by atoms with van der Waals surface area (Å²) in [5, 5.41) is -0.229. The van der Waals surface area contributed by atoms with Crippen molar-refractivity contribution in [1.82, 2.24) is 0 Å². The largest absolute Gasteiger partial charge is 0.207 e. The van der Waals surface area contributed by atoms with Crippen molar-refractivity contribution >= 4 is 61.6 Å². The highest BCUT2D eigenvalue weighted by atomic mass is 28.3. The van der Waals surface area contributed by atoms with Gasteiger partial charge in [-0.15, -0.1) is 0 Å². The molecule has 0 aromatic heterocycles. The van der Waals surface area contributed by atoms with Gasteiger partial charge in [0.25, 0.3) is 0 Å². The van der Waals surface area contributed by atoms with Crippen LogP contribution in [0.4, 0.5) is 65.9 Å². The molecule has 0 aliphatic carbocycles. The molecule has 0 atom stereocenters. The highest BCUT2D eigenvalue weighted by Gasteiger charge is 2.50. The second kappa shape index (κ2) is 16.3. The molecule has 0 aliphatic heterocycles. The molecule has 0 fully saturated rings. The zero-order chi connectivity index (χ0) is 45.4. The second-order valence-corrected chi connectivity index (χ2v) is 26.3. The number of hydrogen-bond donors (Lipinski definition) is 0. The summed E-state index contributed by atoms with van der Waals surface area (Å²) >= 11 is 0. The van der Waals surface area contributed by atoms with Gasteiger partial charge in [0.1, 0.15) is 0 Å². The molecule has 0 saturated carbocycles. The Balaban J connectivity index is 2.07. The third-order valence-electron chi connectivity index (χ3n) is 10.4. The first kappa shape index (κ1) is 45.4. The van der Waals surface area contributed by atoms with E-state index in [1.807, 2.05) is 0 Å². The molecular formula is C42H29B2F15Si2. The lowest BCUT2D eigenvalue weighted by Crippen LogP contribution is -2.73. The van der Waals surface area contributed by atoms with E-state index >= 15 is 52.7 Å². The van der Waals surface area contributed by atoms with Crippen LogP contribution in [0.5, 0.6) is 0 Å². The van der Waals surface area contributed by atoms with E-state index in [2.05, 4.69) is 0 Å². The van der Waals surface area contributed by atoms with Gasteiger partial charge in [-0.05, 0) is 32.8 Å². The van der Waals surface area contributed by atoms with E-state index in [4.69, 9.17) is 0 Å². The van der Waals surface area contributed by atoms with Crippen molar-refractivity contribution < 1.29 is 65.9 Å². The smallest absolute Gasteiger partial charge is 0.204 e. The summed E-state index contributed by atoms with van der Waals surface area (Å²) in [7, 11) is -6.83. The third-order valence-corrected chi connectivity index (χ3v) is 14.4. The van der Waals surface area contributed by atoms with Crippen LogP contribution in [-0.4, -0.2) is 29.4 Å². The Morgan fingerprint density at radius 1 is 0.344 bits per heavy atom. The average Bonchev–Trinajstić information content (AvgIpc) is 3.22. The van der Waals surface area contributed by atoms with Crippen LogP contribution in [0, 0.1) is 87.3 Å². The summed E-state index contributed by atoms with van der Waals surface area (Å²) in [5.74, 6) is -39.9. The fourth-order valence-corrected chi connectivity index (χ4v) is 11.5. The molecule has 0 saturated heterocycles. The van der Waals surface area contributed by atoms with Crippen molar-refractivity contribution in [3.63, 3.8) is 0 Å². The van der Waals surface area contributed by atoms with Crippen LogP contribution in [0.15, 0.2) is 66.7 Å². The SMILES string of the molecule is C[Si](C)(C)c1cc(-c2ccccc2)c([Si](C)(C)C)c(-c2c(F)c(F)c(F)c(F)c2F)c1B(B(c1c(F)c(F)c(F)c(F)c1F)c1c(F)c(F)c(F)c(F)c1F)c1ccccc1. The number of halogens is 15. The van der Waals surface area contributed by atoms with Gasteiger partial charge < -0.3 is 0 Å². The van der Waals surface area contributed by atoms with Crippen LogP contribution in [0.1, 0.15) is 0 Å². The summed E-state index contributed by atoms with van der Waals surface area (Å²) in [6, 6.07) is 15.1. The molecule has 6 aromatic carbocycles. The molecule has 316 valence electrons. The second-order valence-electron chi connectivity index (χ2n) is 16.3. The number of rotatable bonds is 9. The predicted octanol–water partition coefficient (Wildman–Crippen LogP) is 9.19. The lowest BCUT2D eigenvalue weighted by Gasteiger charge is -2.37. The molecule has 0 unspecified atom stereocenters. The van der Waals surface area contributed by atoms with Gasteiger partial charge in [-0.1, -0.05) is 122 Å². The Bertz CT molecular complexity index is 2580. The molecular weight excluding hydrogens is 867 g/mol. The first-order chi connectivity index (χ1) is 28.4. The van der Waals surface area contributed by atoms with E-state index in [-0.39, 0.29) is 15.9 Å². The molecule has 0 aliphatic rings. The van der Waals surface area contributed by atoms with E-state index in [0.29, 0.717) is 5.56 Å². The Kier molecular flexibility index (Phi) is 12.1. The first-order valence-corrected chi connectivity index (χ1v) is 25.2. The summed E-state index contributed by atoms with van der Waals surface area (Å²) in [6.07, 6.45) is 0. The van der Waals surface area contributed by atoms with Gasteiger partial charge in [0.05, 0.1) is 21.7 Å².